The molecule has 1 aromatic heterocycles. The molecular weight excluding hydrogens is 211 g/mol. The van der Waals surface area contributed by atoms with Gasteiger partial charge < -0.3 is 0 Å². The van der Waals surface area contributed by atoms with E-state index >= 15 is 0 Å². The molecule has 2 aromatic rings. The van der Waals surface area contributed by atoms with Gasteiger partial charge in [0.15, 0.2) is 0 Å². The van der Waals surface area contributed by atoms with Gasteiger partial charge in [-0.15, -0.1) is 0 Å². The molecule has 0 spiro atoms. The Balaban J connectivity index is 3.07. The molecule has 1 nitrogen and oxygen atoms in total. The number of hydrogen-bond donors (Lipinski definition) is 0. The van der Waals surface area contributed by atoms with Gasteiger partial charge in [0.25, 0.3) is 0 Å². The summed E-state index contributed by atoms with van der Waals surface area (Å²) in [6.45, 7) is 0. The van der Waals surface area contributed by atoms with Gasteiger partial charge in [-0.1, -0.05) is 0 Å². The van der Waals surface area contributed by atoms with Gasteiger partial charge in [-0.2, -0.15) is 0 Å². The van der Waals surface area contributed by atoms with Gasteiger partial charge in [-0.3, -0.25) is 0 Å². The van der Waals surface area contributed by atoms with Crippen LogP contribution in [0.2, 0.25) is 0 Å². The van der Waals surface area contributed by atoms with Gasteiger partial charge in [0, 0.05) is 0 Å². The van der Waals surface area contributed by atoms with E-state index in [1.165, 1.54) is 14.0 Å². The SMILES string of the molecule is O=c1s[se]c2ccccc12. The van der Waals surface area contributed by atoms with Crippen LogP contribution in [0, 0.1) is 0 Å². The van der Waals surface area contributed by atoms with E-state index in [4.69, 9.17) is 0 Å². The van der Waals surface area contributed by atoms with Crippen molar-refractivity contribution in [3.63, 3.8) is 0 Å². The molecule has 1 aromatic carbocycles. The molecular formula is C7H4OSSe. The summed E-state index contributed by atoms with van der Waals surface area (Å²) in [4.78, 5) is 11.0. The average Bonchev–Trinajstić information content (AvgIpc) is 2.34. The molecule has 0 bridgehead atoms. The zero-order chi connectivity index (χ0) is 6.97. The molecule has 0 saturated carbocycles. The number of fused-ring (bicyclic) bond motifs is 1. The Labute approximate surface area is 66.7 Å². The van der Waals surface area contributed by atoms with Gasteiger partial charge in [-0.25, -0.2) is 0 Å². The van der Waals surface area contributed by atoms with Gasteiger partial charge in [0.05, 0.1) is 0 Å². The average molecular weight is 215 g/mol. The van der Waals surface area contributed by atoms with Crippen LogP contribution < -0.4 is 4.74 Å². The van der Waals surface area contributed by atoms with Crippen molar-refractivity contribution in [3.05, 3.63) is 33.8 Å². The second-order valence-electron chi connectivity index (χ2n) is 1.95. The maximum atomic E-state index is 11.0. The summed E-state index contributed by atoms with van der Waals surface area (Å²) in [5.41, 5.74) is 0. The molecule has 0 unspecified atom stereocenters. The minimum absolute atomic E-state index is 0.246. The predicted molar refractivity (Wildman–Crippen MR) is 45.0 cm³/mol. The summed E-state index contributed by atoms with van der Waals surface area (Å²) in [6, 6.07) is 7.84. The van der Waals surface area contributed by atoms with Crippen molar-refractivity contribution < 1.29 is 0 Å². The van der Waals surface area contributed by atoms with E-state index in [0.29, 0.717) is 13.3 Å². The van der Waals surface area contributed by atoms with Crippen LogP contribution >= 0.6 is 9.72 Å². The van der Waals surface area contributed by atoms with Gasteiger partial charge in [-0.05, 0) is 0 Å². The van der Waals surface area contributed by atoms with Crippen molar-refractivity contribution in [3.8, 4) is 0 Å². The van der Waals surface area contributed by atoms with Crippen molar-refractivity contribution in [2.75, 3.05) is 0 Å². The number of hydrogen-bond acceptors (Lipinski definition) is 2. The van der Waals surface area contributed by atoms with Crippen LogP contribution in [0.15, 0.2) is 29.1 Å². The molecule has 50 valence electrons. The predicted octanol–water partition coefficient (Wildman–Crippen LogP) is 1.32. The molecule has 2 rings (SSSR count). The zero-order valence-electron chi connectivity index (χ0n) is 5.03. The van der Waals surface area contributed by atoms with Crippen molar-refractivity contribution in [1.29, 1.82) is 0 Å². The fourth-order valence-electron chi connectivity index (χ4n) is 0.836. The molecule has 0 amide bonds. The Morgan fingerprint density at radius 3 is 2.90 bits per heavy atom. The first kappa shape index (κ1) is 6.35. The minimum atomic E-state index is 0.246. The fourth-order valence-corrected chi connectivity index (χ4v) is 4.58. The van der Waals surface area contributed by atoms with Crippen LogP contribution in [0.3, 0.4) is 0 Å². The molecule has 0 radical (unpaired) electrons. The van der Waals surface area contributed by atoms with E-state index in [-0.39, 0.29) is 4.74 Å². The second-order valence-corrected chi connectivity index (χ2v) is 5.68. The van der Waals surface area contributed by atoms with Crippen molar-refractivity contribution in [2.24, 2.45) is 0 Å². The molecule has 0 saturated heterocycles. The second kappa shape index (κ2) is 2.35. The first-order valence-corrected chi connectivity index (χ1v) is 6.55. The van der Waals surface area contributed by atoms with E-state index in [2.05, 4.69) is 0 Å². The van der Waals surface area contributed by atoms with E-state index in [1.807, 2.05) is 24.3 Å². The van der Waals surface area contributed by atoms with Crippen molar-refractivity contribution >= 4 is 32.7 Å². The number of rotatable bonds is 0. The van der Waals surface area contributed by atoms with Crippen molar-refractivity contribution in [1.82, 2.24) is 0 Å². The van der Waals surface area contributed by atoms with Gasteiger partial charge in [0.1, 0.15) is 0 Å². The Morgan fingerprint density at radius 1 is 1.30 bits per heavy atom. The molecule has 0 atom stereocenters. The zero-order valence-corrected chi connectivity index (χ0v) is 7.56. The molecule has 1 heterocycles. The summed E-state index contributed by atoms with van der Waals surface area (Å²) >= 11 is 0.341. The quantitative estimate of drug-likeness (QED) is 0.606. The summed E-state index contributed by atoms with van der Waals surface area (Å²) in [5, 5.41) is 0.924. The molecule has 0 N–H and O–H groups in total. The van der Waals surface area contributed by atoms with E-state index in [1.54, 1.807) is 0 Å². The van der Waals surface area contributed by atoms with Crippen LogP contribution in [-0.4, -0.2) is 13.3 Å². The maximum absolute atomic E-state index is 11.0. The molecule has 0 fully saturated rings. The third kappa shape index (κ3) is 0.870. The van der Waals surface area contributed by atoms with Gasteiger partial charge in [0.2, 0.25) is 0 Å². The molecule has 0 aliphatic carbocycles. The summed E-state index contributed by atoms with van der Waals surface area (Å²) in [5.74, 6) is 0. The summed E-state index contributed by atoms with van der Waals surface area (Å²) < 4.78 is 1.49. The molecule has 0 aliphatic rings. The molecule has 3 heteroatoms. The van der Waals surface area contributed by atoms with Crippen molar-refractivity contribution in [2.45, 2.75) is 0 Å². The normalized spacial score (nSPS) is 10.4. The Bertz CT molecular complexity index is 401. The van der Waals surface area contributed by atoms with E-state index < -0.39 is 0 Å². The van der Waals surface area contributed by atoms with Crippen LogP contribution in [-0.2, 0) is 0 Å². The third-order valence-electron chi connectivity index (χ3n) is 1.31. The molecule has 10 heavy (non-hydrogen) atoms. The van der Waals surface area contributed by atoms with Gasteiger partial charge >= 0.3 is 66.5 Å². The summed E-state index contributed by atoms with van der Waals surface area (Å²) in [7, 11) is 1.45. The van der Waals surface area contributed by atoms with E-state index in [9.17, 15) is 4.79 Å². The topological polar surface area (TPSA) is 17.1 Å². The first-order chi connectivity index (χ1) is 4.88. The van der Waals surface area contributed by atoms with Crippen LogP contribution in [0.25, 0.3) is 9.65 Å². The van der Waals surface area contributed by atoms with Crippen LogP contribution in [0.5, 0.6) is 0 Å². The molecule has 0 aliphatic heterocycles. The first-order valence-electron chi connectivity index (χ1n) is 2.86. The van der Waals surface area contributed by atoms with E-state index in [0.717, 1.165) is 5.39 Å². The summed E-state index contributed by atoms with van der Waals surface area (Å²) in [6.07, 6.45) is 0. The third-order valence-corrected chi connectivity index (χ3v) is 5.30. The fraction of sp³-hybridized carbons (Fsp3) is 0. The van der Waals surface area contributed by atoms with Crippen LogP contribution in [0.1, 0.15) is 0 Å². The Morgan fingerprint density at radius 2 is 2.10 bits per heavy atom. The monoisotopic (exact) mass is 216 g/mol. The number of benzene rings is 1. The Kier molecular flexibility index (Phi) is 1.49. The Hall–Kier alpha value is -0.371. The van der Waals surface area contributed by atoms with Crippen LogP contribution in [0.4, 0.5) is 0 Å². The standard InChI is InChI=1S/C7H4OSSe/c8-7-5-3-1-2-4-6(5)10-9-7/h1-4H.